The minimum atomic E-state index is 0.000697. The zero-order valence-corrected chi connectivity index (χ0v) is 10.2. The van der Waals surface area contributed by atoms with Crippen molar-refractivity contribution in [2.24, 2.45) is 0 Å². The van der Waals surface area contributed by atoms with Gasteiger partial charge in [0.2, 0.25) is 0 Å². The number of carbonyl (C=O) groups is 1. The van der Waals surface area contributed by atoms with E-state index in [-0.39, 0.29) is 5.91 Å². The van der Waals surface area contributed by atoms with Gasteiger partial charge in [-0.3, -0.25) is 9.78 Å². The Morgan fingerprint density at radius 3 is 2.47 bits per heavy atom. The Bertz CT molecular complexity index is 532. The van der Waals surface area contributed by atoms with Crippen molar-refractivity contribution in [1.29, 1.82) is 0 Å². The van der Waals surface area contributed by atoms with E-state index in [0.717, 1.165) is 10.8 Å². The zero-order valence-electron chi connectivity index (χ0n) is 10.2. The fourth-order valence-corrected chi connectivity index (χ4v) is 1.87. The van der Waals surface area contributed by atoms with Gasteiger partial charge in [-0.05, 0) is 25.3 Å². The summed E-state index contributed by atoms with van der Waals surface area (Å²) < 4.78 is 0. The molecule has 0 N–H and O–H groups in total. The highest BCUT2D eigenvalue weighted by Crippen LogP contribution is 2.14. The standard InChI is InChI=1S/C14H16N2O/c1-3-16(4-2)14(17)13-9-11-7-5-6-8-12(11)10-15-13/h5-10H,3-4H2,1-2H3. The Hall–Kier alpha value is -1.90. The molecule has 88 valence electrons. The lowest BCUT2D eigenvalue weighted by Crippen LogP contribution is -2.31. The molecule has 0 unspecified atom stereocenters. The van der Waals surface area contributed by atoms with Crippen LogP contribution in [0.3, 0.4) is 0 Å². The minimum absolute atomic E-state index is 0.000697. The first-order valence-electron chi connectivity index (χ1n) is 5.90. The van der Waals surface area contributed by atoms with Crippen LogP contribution in [0.4, 0.5) is 0 Å². The van der Waals surface area contributed by atoms with Crippen molar-refractivity contribution in [1.82, 2.24) is 9.88 Å². The summed E-state index contributed by atoms with van der Waals surface area (Å²) in [4.78, 5) is 18.1. The molecule has 1 aromatic heterocycles. The number of fused-ring (bicyclic) bond motifs is 1. The third kappa shape index (κ3) is 2.28. The topological polar surface area (TPSA) is 33.2 Å². The van der Waals surface area contributed by atoms with Crippen molar-refractivity contribution in [3.05, 3.63) is 42.2 Å². The largest absolute Gasteiger partial charge is 0.338 e. The molecule has 0 radical (unpaired) electrons. The van der Waals surface area contributed by atoms with Gasteiger partial charge < -0.3 is 4.90 Å². The van der Waals surface area contributed by atoms with E-state index in [1.807, 2.05) is 44.2 Å². The second-order valence-electron chi connectivity index (χ2n) is 3.89. The van der Waals surface area contributed by atoms with Crippen LogP contribution in [0.1, 0.15) is 24.3 Å². The van der Waals surface area contributed by atoms with E-state index in [1.165, 1.54) is 0 Å². The fourth-order valence-electron chi connectivity index (χ4n) is 1.87. The summed E-state index contributed by atoms with van der Waals surface area (Å²) >= 11 is 0. The Morgan fingerprint density at radius 1 is 1.18 bits per heavy atom. The lowest BCUT2D eigenvalue weighted by atomic mass is 10.1. The van der Waals surface area contributed by atoms with Gasteiger partial charge in [0, 0.05) is 24.7 Å². The molecule has 17 heavy (non-hydrogen) atoms. The molecule has 0 fully saturated rings. The van der Waals surface area contributed by atoms with Gasteiger partial charge in [-0.15, -0.1) is 0 Å². The summed E-state index contributed by atoms with van der Waals surface area (Å²) in [5.41, 5.74) is 0.521. The lowest BCUT2D eigenvalue weighted by molar-refractivity contribution is 0.0767. The summed E-state index contributed by atoms with van der Waals surface area (Å²) in [5.74, 6) is 0.000697. The molecule has 2 aromatic rings. The van der Waals surface area contributed by atoms with E-state index >= 15 is 0 Å². The van der Waals surface area contributed by atoms with Crippen LogP contribution in [-0.2, 0) is 0 Å². The molecule has 0 aliphatic rings. The van der Waals surface area contributed by atoms with Crippen LogP contribution in [0.5, 0.6) is 0 Å². The first-order valence-corrected chi connectivity index (χ1v) is 5.90. The monoisotopic (exact) mass is 228 g/mol. The van der Waals surface area contributed by atoms with E-state index in [9.17, 15) is 4.79 Å². The average Bonchev–Trinajstić information content (AvgIpc) is 2.39. The summed E-state index contributed by atoms with van der Waals surface area (Å²) in [6.45, 7) is 5.37. The normalized spacial score (nSPS) is 10.5. The van der Waals surface area contributed by atoms with Crippen molar-refractivity contribution in [2.45, 2.75) is 13.8 Å². The number of pyridine rings is 1. The molecule has 0 saturated carbocycles. The molecule has 3 nitrogen and oxygen atoms in total. The summed E-state index contributed by atoms with van der Waals surface area (Å²) in [6, 6.07) is 9.78. The van der Waals surface area contributed by atoms with E-state index < -0.39 is 0 Å². The van der Waals surface area contributed by atoms with Gasteiger partial charge in [0.15, 0.2) is 0 Å². The molecule has 1 amide bonds. The van der Waals surface area contributed by atoms with Crippen molar-refractivity contribution in [2.75, 3.05) is 13.1 Å². The Labute approximate surface area is 101 Å². The van der Waals surface area contributed by atoms with Crippen molar-refractivity contribution in [3.8, 4) is 0 Å². The van der Waals surface area contributed by atoms with E-state index in [0.29, 0.717) is 18.8 Å². The maximum absolute atomic E-state index is 12.1. The highest BCUT2D eigenvalue weighted by Gasteiger charge is 2.13. The predicted octanol–water partition coefficient (Wildman–Crippen LogP) is 2.72. The summed E-state index contributed by atoms with van der Waals surface area (Å²) in [6.07, 6.45) is 1.76. The van der Waals surface area contributed by atoms with Gasteiger partial charge in [-0.2, -0.15) is 0 Å². The number of nitrogens with zero attached hydrogens (tertiary/aromatic N) is 2. The second-order valence-corrected chi connectivity index (χ2v) is 3.89. The van der Waals surface area contributed by atoms with Gasteiger partial charge >= 0.3 is 0 Å². The van der Waals surface area contributed by atoms with Gasteiger partial charge in [-0.25, -0.2) is 0 Å². The first-order chi connectivity index (χ1) is 8.26. The van der Waals surface area contributed by atoms with Gasteiger partial charge in [0.1, 0.15) is 5.69 Å². The van der Waals surface area contributed by atoms with Crippen LogP contribution in [0.2, 0.25) is 0 Å². The third-order valence-electron chi connectivity index (χ3n) is 2.90. The van der Waals surface area contributed by atoms with E-state index in [4.69, 9.17) is 0 Å². The van der Waals surface area contributed by atoms with Crippen LogP contribution in [-0.4, -0.2) is 28.9 Å². The molecule has 0 aliphatic carbocycles. The number of rotatable bonds is 3. The van der Waals surface area contributed by atoms with E-state index in [2.05, 4.69) is 4.98 Å². The SMILES string of the molecule is CCN(CC)C(=O)c1cc2ccccc2cn1. The van der Waals surface area contributed by atoms with Crippen molar-refractivity contribution < 1.29 is 4.79 Å². The Balaban J connectivity index is 2.39. The molecule has 0 atom stereocenters. The van der Waals surface area contributed by atoms with Crippen LogP contribution >= 0.6 is 0 Å². The van der Waals surface area contributed by atoms with Crippen LogP contribution in [0.15, 0.2) is 36.5 Å². The molecule has 1 aromatic carbocycles. The molecular formula is C14H16N2O. The maximum atomic E-state index is 12.1. The Kier molecular flexibility index (Phi) is 3.38. The number of aromatic nitrogens is 1. The maximum Gasteiger partial charge on any atom is 0.272 e. The van der Waals surface area contributed by atoms with Crippen LogP contribution in [0, 0.1) is 0 Å². The van der Waals surface area contributed by atoms with Crippen LogP contribution in [0.25, 0.3) is 10.8 Å². The summed E-state index contributed by atoms with van der Waals surface area (Å²) in [5, 5.41) is 2.11. The molecule has 2 rings (SSSR count). The molecule has 0 aliphatic heterocycles. The van der Waals surface area contributed by atoms with Crippen LogP contribution < -0.4 is 0 Å². The lowest BCUT2D eigenvalue weighted by Gasteiger charge is -2.17. The number of carbonyl (C=O) groups excluding carboxylic acids is 1. The number of hydrogen-bond acceptors (Lipinski definition) is 2. The van der Waals surface area contributed by atoms with Gasteiger partial charge in [0.25, 0.3) is 5.91 Å². The fraction of sp³-hybridized carbons (Fsp3) is 0.286. The quantitative estimate of drug-likeness (QED) is 0.809. The zero-order chi connectivity index (χ0) is 12.3. The number of hydrogen-bond donors (Lipinski definition) is 0. The predicted molar refractivity (Wildman–Crippen MR) is 69.0 cm³/mol. The number of benzene rings is 1. The molecule has 0 saturated heterocycles. The molecule has 3 heteroatoms. The highest BCUT2D eigenvalue weighted by atomic mass is 16.2. The Morgan fingerprint density at radius 2 is 1.82 bits per heavy atom. The first kappa shape index (κ1) is 11.6. The van der Waals surface area contributed by atoms with E-state index in [1.54, 1.807) is 11.1 Å². The highest BCUT2D eigenvalue weighted by molar-refractivity contribution is 5.96. The number of amides is 1. The second kappa shape index (κ2) is 4.95. The molecular weight excluding hydrogens is 212 g/mol. The van der Waals surface area contributed by atoms with Crippen molar-refractivity contribution >= 4 is 16.7 Å². The smallest absolute Gasteiger partial charge is 0.272 e. The summed E-state index contributed by atoms with van der Waals surface area (Å²) in [7, 11) is 0. The van der Waals surface area contributed by atoms with Gasteiger partial charge in [-0.1, -0.05) is 24.3 Å². The molecule has 1 heterocycles. The van der Waals surface area contributed by atoms with Crippen molar-refractivity contribution in [3.63, 3.8) is 0 Å². The average molecular weight is 228 g/mol. The van der Waals surface area contributed by atoms with Gasteiger partial charge in [0.05, 0.1) is 0 Å². The molecule has 0 spiro atoms. The minimum Gasteiger partial charge on any atom is -0.338 e. The molecule has 0 bridgehead atoms. The third-order valence-corrected chi connectivity index (χ3v) is 2.90.